The predicted octanol–water partition coefficient (Wildman–Crippen LogP) is -0.288. The third-order valence-electron chi connectivity index (χ3n) is 1.93. The first kappa shape index (κ1) is 20.7. The number of nitrogens with one attached hydrogen (secondary N) is 1. The van der Waals surface area contributed by atoms with Gasteiger partial charge in [0.1, 0.15) is 0 Å². The Morgan fingerprint density at radius 2 is 1.58 bits per heavy atom. The molecule has 10 heteroatoms. The third kappa shape index (κ3) is 8.19. The molecule has 0 heterocycles. The number of nitrogens with zero attached hydrogens (tertiary/aromatic N) is 1. The highest BCUT2D eigenvalue weighted by Gasteiger charge is 2.25. The molecule has 0 fully saturated rings. The molecule has 0 aliphatic heterocycles. The highest BCUT2D eigenvalue weighted by atomic mass is 35.5. The molecule has 0 unspecified atom stereocenters. The molecule has 19 heavy (non-hydrogen) atoms. The Morgan fingerprint density at radius 3 is 1.89 bits per heavy atom. The summed E-state index contributed by atoms with van der Waals surface area (Å²) in [5, 5.41) is 2.49. The Bertz CT molecular complexity index is 495. The molecule has 0 rings (SSSR count). The van der Waals surface area contributed by atoms with E-state index in [-0.39, 0.29) is 37.8 Å². The number of carbonyl (C=O) groups excluding carboxylic acids is 1. The number of hydrogen-bond acceptors (Lipinski definition) is 5. The van der Waals surface area contributed by atoms with E-state index < -0.39 is 20.0 Å². The van der Waals surface area contributed by atoms with E-state index in [0.29, 0.717) is 9.28 Å². The number of carbonyl (C=O) groups is 1. The summed E-state index contributed by atoms with van der Waals surface area (Å²) in [6.45, 7) is 4.94. The van der Waals surface area contributed by atoms with Crippen LogP contribution in [0.3, 0.4) is 0 Å². The van der Waals surface area contributed by atoms with Crippen molar-refractivity contribution in [2.75, 3.05) is 25.6 Å². The maximum Gasteiger partial charge on any atom is 0.246 e. The van der Waals surface area contributed by atoms with Gasteiger partial charge in [0.2, 0.25) is 26.0 Å². The zero-order valence-electron chi connectivity index (χ0n) is 11.0. The Kier molecular flexibility index (Phi) is 8.52. The van der Waals surface area contributed by atoms with Crippen LogP contribution >= 0.6 is 12.4 Å². The van der Waals surface area contributed by atoms with Crippen LogP contribution in [0, 0.1) is 0 Å². The molecule has 0 aromatic rings. The van der Waals surface area contributed by atoms with Crippen LogP contribution in [-0.4, -0.2) is 52.1 Å². The number of sulfonamides is 2. The van der Waals surface area contributed by atoms with E-state index in [4.69, 9.17) is 0 Å². The number of rotatable bonds is 7. The molecular weight excluding hydrogens is 316 g/mol. The normalized spacial score (nSPS) is 11.8. The van der Waals surface area contributed by atoms with Gasteiger partial charge in [-0.05, 0) is 13.3 Å². The molecule has 0 aliphatic carbocycles. The largest absolute Gasteiger partial charge is 0.352 e. The second-order valence-electron chi connectivity index (χ2n) is 3.91. The highest BCUT2D eigenvalue weighted by Crippen LogP contribution is 2.05. The summed E-state index contributed by atoms with van der Waals surface area (Å²) in [6, 6.07) is 0. The standard InChI is InChI=1S/C9H18N2O5S2.ClH/c1-8(2)9(12)10-6-5-7-11(17(3,13)14)18(4,15)16;/h1,5-7H2,2-4H3,(H,10,12);1H. The van der Waals surface area contributed by atoms with Crippen LogP contribution in [0.1, 0.15) is 13.3 Å². The molecule has 0 radical (unpaired) electrons. The number of halogens is 1. The van der Waals surface area contributed by atoms with Crippen molar-refractivity contribution in [3.05, 3.63) is 12.2 Å². The summed E-state index contributed by atoms with van der Waals surface area (Å²) in [6.07, 6.45) is 1.83. The lowest BCUT2D eigenvalue weighted by molar-refractivity contribution is -0.117. The molecule has 0 atom stereocenters. The van der Waals surface area contributed by atoms with Crippen molar-refractivity contribution in [1.82, 2.24) is 9.03 Å². The molecule has 0 aromatic heterocycles. The minimum absolute atomic E-state index is 0. The zero-order valence-corrected chi connectivity index (χ0v) is 13.5. The van der Waals surface area contributed by atoms with Gasteiger partial charge in [0, 0.05) is 18.7 Å². The van der Waals surface area contributed by atoms with Gasteiger partial charge in [0.05, 0.1) is 12.5 Å². The summed E-state index contributed by atoms with van der Waals surface area (Å²) in [7, 11) is -7.65. The topological polar surface area (TPSA) is 101 Å². The molecule has 7 nitrogen and oxygen atoms in total. The van der Waals surface area contributed by atoms with Crippen LogP contribution in [0.2, 0.25) is 0 Å². The van der Waals surface area contributed by atoms with Crippen LogP contribution in [-0.2, 0) is 24.8 Å². The first-order chi connectivity index (χ1) is 7.96. The van der Waals surface area contributed by atoms with Gasteiger partial charge in [-0.3, -0.25) is 4.79 Å². The zero-order chi connectivity index (χ0) is 14.6. The van der Waals surface area contributed by atoms with Crippen molar-refractivity contribution in [2.45, 2.75) is 13.3 Å². The fraction of sp³-hybridized carbons (Fsp3) is 0.667. The first-order valence-electron chi connectivity index (χ1n) is 5.08. The summed E-state index contributed by atoms with van der Waals surface area (Å²) in [4.78, 5) is 11.1. The molecule has 1 amide bonds. The van der Waals surface area contributed by atoms with E-state index in [2.05, 4.69) is 11.9 Å². The average Bonchev–Trinajstić information content (AvgIpc) is 2.12. The van der Waals surface area contributed by atoms with Gasteiger partial charge in [-0.25, -0.2) is 16.8 Å². The monoisotopic (exact) mass is 334 g/mol. The lowest BCUT2D eigenvalue weighted by atomic mass is 10.3. The third-order valence-corrected chi connectivity index (χ3v) is 5.40. The van der Waals surface area contributed by atoms with Crippen molar-refractivity contribution in [3.63, 3.8) is 0 Å². The Hall–Kier alpha value is -0.640. The van der Waals surface area contributed by atoms with Gasteiger partial charge < -0.3 is 5.32 Å². The van der Waals surface area contributed by atoms with E-state index >= 15 is 0 Å². The molecule has 0 aromatic carbocycles. The molecule has 0 spiro atoms. The fourth-order valence-electron chi connectivity index (χ4n) is 1.14. The summed E-state index contributed by atoms with van der Waals surface area (Å²) in [5.74, 6) is -0.347. The molecule has 0 saturated heterocycles. The van der Waals surface area contributed by atoms with Gasteiger partial charge >= 0.3 is 0 Å². The Labute approximate surface area is 120 Å². The second-order valence-corrected chi connectivity index (χ2v) is 7.96. The summed E-state index contributed by atoms with van der Waals surface area (Å²) >= 11 is 0. The van der Waals surface area contributed by atoms with Crippen LogP contribution in [0.25, 0.3) is 0 Å². The molecule has 1 N–H and O–H groups in total. The lowest BCUT2D eigenvalue weighted by Crippen LogP contribution is -2.37. The van der Waals surface area contributed by atoms with Crippen molar-refractivity contribution in [3.8, 4) is 0 Å². The minimum atomic E-state index is -3.82. The Balaban J connectivity index is 0. The van der Waals surface area contributed by atoms with Crippen LogP contribution < -0.4 is 5.32 Å². The predicted molar refractivity (Wildman–Crippen MR) is 76.1 cm³/mol. The lowest BCUT2D eigenvalue weighted by Gasteiger charge is -2.17. The van der Waals surface area contributed by atoms with Gasteiger partial charge in [0.15, 0.2) is 0 Å². The summed E-state index contributed by atoms with van der Waals surface area (Å²) in [5.41, 5.74) is 0.332. The second kappa shape index (κ2) is 7.83. The van der Waals surface area contributed by atoms with E-state index in [9.17, 15) is 21.6 Å². The van der Waals surface area contributed by atoms with Crippen LogP contribution in [0.4, 0.5) is 0 Å². The molecular formula is C9H19ClN2O5S2. The Morgan fingerprint density at radius 1 is 1.16 bits per heavy atom. The smallest absolute Gasteiger partial charge is 0.246 e. The van der Waals surface area contributed by atoms with Crippen molar-refractivity contribution in [2.24, 2.45) is 0 Å². The molecule has 0 aliphatic rings. The van der Waals surface area contributed by atoms with Crippen LogP contribution in [0.5, 0.6) is 0 Å². The highest BCUT2D eigenvalue weighted by molar-refractivity contribution is 8.03. The number of hydrogen-bond donors (Lipinski definition) is 1. The van der Waals surface area contributed by atoms with Crippen molar-refractivity contribution < 1.29 is 21.6 Å². The maximum atomic E-state index is 11.3. The van der Waals surface area contributed by atoms with E-state index in [1.165, 1.54) is 6.92 Å². The molecule has 114 valence electrons. The first-order valence-corrected chi connectivity index (χ1v) is 8.77. The maximum absolute atomic E-state index is 11.3. The van der Waals surface area contributed by atoms with Crippen LogP contribution in [0.15, 0.2) is 12.2 Å². The van der Waals surface area contributed by atoms with Gasteiger partial charge in [-0.15, -0.1) is 12.4 Å². The SMILES string of the molecule is C=C(C)C(=O)NCCCN(S(C)(=O)=O)S(C)(=O)=O.Cl. The number of amides is 1. The fourth-order valence-corrected chi connectivity index (χ4v) is 4.03. The van der Waals surface area contributed by atoms with Gasteiger partial charge in [-0.2, -0.15) is 0 Å². The average molecular weight is 335 g/mol. The minimum Gasteiger partial charge on any atom is -0.352 e. The summed E-state index contributed by atoms with van der Waals surface area (Å²) < 4.78 is 45.4. The van der Waals surface area contributed by atoms with Gasteiger partial charge in [-0.1, -0.05) is 10.3 Å². The molecule has 0 bridgehead atoms. The quantitative estimate of drug-likeness (QED) is 0.509. The van der Waals surface area contributed by atoms with E-state index in [0.717, 1.165) is 12.5 Å². The van der Waals surface area contributed by atoms with Crippen molar-refractivity contribution >= 4 is 38.4 Å². The van der Waals surface area contributed by atoms with Crippen molar-refractivity contribution in [1.29, 1.82) is 0 Å². The van der Waals surface area contributed by atoms with E-state index in [1.54, 1.807) is 0 Å². The van der Waals surface area contributed by atoms with E-state index in [1.807, 2.05) is 0 Å². The molecule has 0 saturated carbocycles. The van der Waals surface area contributed by atoms with Gasteiger partial charge in [0.25, 0.3) is 0 Å².